The highest BCUT2D eigenvalue weighted by molar-refractivity contribution is 14.0. The quantitative estimate of drug-likeness (QED) is 0.398. The van der Waals surface area contributed by atoms with Crippen LogP contribution in [0.15, 0.2) is 23.7 Å². The molecule has 0 aliphatic carbocycles. The molecule has 0 spiro atoms. The second kappa shape index (κ2) is 10.5. The summed E-state index contributed by atoms with van der Waals surface area (Å²) in [6, 6.07) is 0. The van der Waals surface area contributed by atoms with E-state index in [0.29, 0.717) is 18.9 Å². The average Bonchev–Trinajstić information content (AvgIpc) is 2.99. The number of guanidine groups is 1. The van der Waals surface area contributed by atoms with E-state index in [9.17, 15) is 4.79 Å². The van der Waals surface area contributed by atoms with Crippen molar-refractivity contribution in [1.82, 2.24) is 19.8 Å². The van der Waals surface area contributed by atoms with E-state index in [0.717, 1.165) is 45.0 Å². The van der Waals surface area contributed by atoms with Crippen LogP contribution in [0.2, 0.25) is 0 Å². The van der Waals surface area contributed by atoms with Gasteiger partial charge in [-0.3, -0.25) is 9.79 Å². The monoisotopic (exact) mass is 434 g/mol. The molecule has 1 amide bonds. The number of hydrogen-bond donors (Lipinski definition) is 2. The molecule has 2 rings (SSSR count). The number of rotatable bonds is 6. The van der Waals surface area contributed by atoms with E-state index in [2.05, 4.69) is 22.1 Å². The van der Waals surface area contributed by atoms with Crippen LogP contribution in [0.3, 0.4) is 0 Å². The first-order chi connectivity index (χ1) is 10.7. The SMILES string of the molecule is CCNC(=NCCn1ccnc1)N1CCCC(CC(N)=O)C1.I. The summed E-state index contributed by atoms with van der Waals surface area (Å²) >= 11 is 0. The van der Waals surface area contributed by atoms with Gasteiger partial charge in [0.1, 0.15) is 0 Å². The molecule has 1 aliphatic heterocycles. The van der Waals surface area contributed by atoms with Crippen LogP contribution in [-0.2, 0) is 11.3 Å². The van der Waals surface area contributed by atoms with Gasteiger partial charge in [0, 0.05) is 45.0 Å². The van der Waals surface area contributed by atoms with E-state index in [1.54, 1.807) is 12.5 Å². The number of carbonyl (C=O) groups is 1. The molecule has 0 saturated carbocycles. The molecular weight excluding hydrogens is 407 g/mol. The first-order valence-corrected chi connectivity index (χ1v) is 7.96. The van der Waals surface area contributed by atoms with E-state index >= 15 is 0 Å². The third kappa shape index (κ3) is 6.76. The van der Waals surface area contributed by atoms with E-state index in [1.165, 1.54) is 0 Å². The molecular formula is C15H27IN6O. The molecule has 0 aromatic carbocycles. The Hall–Kier alpha value is -1.32. The fourth-order valence-electron chi connectivity index (χ4n) is 2.82. The van der Waals surface area contributed by atoms with Crippen molar-refractivity contribution in [2.45, 2.75) is 32.7 Å². The van der Waals surface area contributed by atoms with Crippen molar-refractivity contribution in [3.63, 3.8) is 0 Å². The van der Waals surface area contributed by atoms with Gasteiger partial charge in [-0.05, 0) is 25.7 Å². The topological polar surface area (TPSA) is 88.5 Å². The number of carbonyl (C=O) groups excluding carboxylic acids is 1. The van der Waals surface area contributed by atoms with Gasteiger partial charge in [-0.25, -0.2) is 4.98 Å². The minimum Gasteiger partial charge on any atom is -0.370 e. The van der Waals surface area contributed by atoms with Crippen molar-refractivity contribution in [2.24, 2.45) is 16.6 Å². The number of nitrogens with two attached hydrogens (primary N) is 1. The molecule has 3 N–H and O–H groups in total. The van der Waals surface area contributed by atoms with Crippen LogP contribution in [0.5, 0.6) is 0 Å². The first-order valence-electron chi connectivity index (χ1n) is 7.96. The molecule has 1 aromatic heterocycles. The Kier molecular flexibility index (Phi) is 8.97. The fourth-order valence-corrected chi connectivity index (χ4v) is 2.82. The zero-order chi connectivity index (χ0) is 15.8. The largest absolute Gasteiger partial charge is 0.370 e. The Balaban J connectivity index is 0.00000264. The predicted molar refractivity (Wildman–Crippen MR) is 102 cm³/mol. The summed E-state index contributed by atoms with van der Waals surface area (Å²) in [5, 5.41) is 3.34. The van der Waals surface area contributed by atoms with Crippen LogP contribution in [0.4, 0.5) is 0 Å². The molecule has 2 heterocycles. The number of likely N-dealkylation sites (tertiary alicyclic amines) is 1. The van der Waals surface area contributed by atoms with Crippen molar-refractivity contribution in [1.29, 1.82) is 0 Å². The van der Waals surface area contributed by atoms with E-state index in [1.807, 2.05) is 10.8 Å². The summed E-state index contributed by atoms with van der Waals surface area (Å²) in [4.78, 5) is 22.1. The van der Waals surface area contributed by atoms with Crippen LogP contribution in [-0.4, -0.2) is 52.5 Å². The summed E-state index contributed by atoms with van der Waals surface area (Å²) < 4.78 is 2.01. The van der Waals surface area contributed by atoms with Gasteiger partial charge < -0.3 is 20.5 Å². The zero-order valence-electron chi connectivity index (χ0n) is 13.6. The number of amides is 1. The molecule has 8 heteroatoms. The minimum absolute atomic E-state index is 0. The standard InChI is InChI=1S/C15H26N6O.HI/c1-2-18-15(19-6-9-20-8-5-17-12-20)21-7-3-4-13(11-21)10-14(16)22;/h5,8,12-13H,2-4,6-7,9-11H2,1H3,(H2,16,22)(H,18,19);1H. The zero-order valence-corrected chi connectivity index (χ0v) is 16.0. The third-order valence-corrected chi connectivity index (χ3v) is 3.82. The van der Waals surface area contributed by atoms with Gasteiger partial charge >= 0.3 is 0 Å². The van der Waals surface area contributed by atoms with Crippen molar-refractivity contribution in [2.75, 3.05) is 26.2 Å². The molecule has 1 aromatic rings. The highest BCUT2D eigenvalue weighted by atomic mass is 127. The number of imidazole rings is 1. The molecule has 0 bridgehead atoms. The van der Waals surface area contributed by atoms with Gasteiger partial charge in [0.25, 0.3) is 0 Å². The summed E-state index contributed by atoms with van der Waals surface area (Å²) in [6.45, 7) is 6.24. The summed E-state index contributed by atoms with van der Waals surface area (Å²) in [7, 11) is 0. The van der Waals surface area contributed by atoms with E-state index in [-0.39, 0.29) is 29.9 Å². The third-order valence-electron chi connectivity index (χ3n) is 3.82. The summed E-state index contributed by atoms with van der Waals surface area (Å²) in [5.41, 5.74) is 5.33. The molecule has 23 heavy (non-hydrogen) atoms. The Morgan fingerprint density at radius 1 is 1.52 bits per heavy atom. The number of hydrogen-bond acceptors (Lipinski definition) is 3. The van der Waals surface area contributed by atoms with Crippen LogP contribution in [0.1, 0.15) is 26.2 Å². The number of halogens is 1. The van der Waals surface area contributed by atoms with Gasteiger partial charge in [-0.2, -0.15) is 0 Å². The summed E-state index contributed by atoms with van der Waals surface area (Å²) in [5.74, 6) is 1.05. The average molecular weight is 434 g/mol. The van der Waals surface area contributed by atoms with Gasteiger partial charge in [0.2, 0.25) is 5.91 Å². The van der Waals surface area contributed by atoms with Crippen molar-refractivity contribution in [3.8, 4) is 0 Å². The predicted octanol–water partition coefficient (Wildman–Crippen LogP) is 1.05. The lowest BCUT2D eigenvalue weighted by atomic mass is 9.95. The van der Waals surface area contributed by atoms with Crippen LogP contribution in [0, 0.1) is 5.92 Å². The maximum absolute atomic E-state index is 11.1. The maximum atomic E-state index is 11.1. The smallest absolute Gasteiger partial charge is 0.217 e. The fraction of sp³-hybridized carbons (Fsp3) is 0.667. The number of nitrogens with one attached hydrogen (secondary N) is 1. The lowest BCUT2D eigenvalue weighted by Crippen LogP contribution is -2.47. The molecule has 0 radical (unpaired) electrons. The van der Waals surface area contributed by atoms with E-state index < -0.39 is 0 Å². The molecule has 1 fully saturated rings. The minimum atomic E-state index is -0.214. The van der Waals surface area contributed by atoms with Gasteiger partial charge in [0.05, 0.1) is 12.9 Å². The normalized spacial score (nSPS) is 18.4. The van der Waals surface area contributed by atoms with Crippen molar-refractivity contribution < 1.29 is 4.79 Å². The summed E-state index contributed by atoms with van der Waals surface area (Å²) in [6.07, 6.45) is 8.11. The molecule has 1 saturated heterocycles. The molecule has 1 aliphatic rings. The van der Waals surface area contributed by atoms with E-state index in [4.69, 9.17) is 10.7 Å². The van der Waals surface area contributed by atoms with Crippen LogP contribution >= 0.6 is 24.0 Å². The highest BCUT2D eigenvalue weighted by Gasteiger charge is 2.23. The maximum Gasteiger partial charge on any atom is 0.217 e. The van der Waals surface area contributed by atoms with Gasteiger partial charge in [-0.1, -0.05) is 0 Å². The Morgan fingerprint density at radius 3 is 3.00 bits per heavy atom. The Labute approximate surface area is 154 Å². The number of aromatic nitrogens is 2. The second-order valence-electron chi connectivity index (χ2n) is 5.66. The Bertz CT molecular complexity index is 490. The number of aliphatic imine (C=N–C) groups is 1. The Morgan fingerprint density at radius 2 is 2.35 bits per heavy atom. The lowest BCUT2D eigenvalue weighted by molar-refractivity contribution is -0.119. The first kappa shape index (κ1) is 19.7. The number of primary amides is 1. The molecule has 130 valence electrons. The number of nitrogens with zero attached hydrogens (tertiary/aromatic N) is 4. The van der Waals surface area contributed by atoms with Gasteiger partial charge in [0.15, 0.2) is 5.96 Å². The van der Waals surface area contributed by atoms with Crippen molar-refractivity contribution >= 4 is 35.8 Å². The number of piperidine rings is 1. The second-order valence-corrected chi connectivity index (χ2v) is 5.66. The molecule has 1 atom stereocenters. The van der Waals surface area contributed by atoms with Gasteiger partial charge in [-0.15, -0.1) is 24.0 Å². The molecule has 7 nitrogen and oxygen atoms in total. The van der Waals surface area contributed by atoms with Crippen LogP contribution in [0.25, 0.3) is 0 Å². The molecule has 1 unspecified atom stereocenters. The highest BCUT2D eigenvalue weighted by Crippen LogP contribution is 2.19. The van der Waals surface area contributed by atoms with Crippen LogP contribution < -0.4 is 11.1 Å². The lowest BCUT2D eigenvalue weighted by Gasteiger charge is -2.34. The van der Waals surface area contributed by atoms with Crippen molar-refractivity contribution in [3.05, 3.63) is 18.7 Å².